The number of aromatic nitrogens is 4. The Kier molecular flexibility index (Phi) is 12.4. The van der Waals surface area contributed by atoms with Crippen LogP contribution in [0, 0.1) is 27.2 Å². The summed E-state index contributed by atoms with van der Waals surface area (Å²) >= 11 is 0. The number of fused-ring (bicyclic) bond motifs is 8. The third kappa shape index (κ3) is 8.93. The molecule has 0 saturated heterocycles. The Morgan fingerprint density at radius 2 is 0.959 bits per heavy atom. The minimum absolute atomic E-state index is 0.00185. The Labute approximate surface area is 418 Å². The molecule has 0 amide bonds. The van der Waals surface area contributed by atoms with Crippen molar-refractivity contribution in [1.29, 1.82) is 0 Å². The second kappa shape index (κ2) is 19.1. The molecule has 0 saturated carbocycles. The topological polar surface area (TPSA) is 215 Å². The fourth-order valence-corrected chi connectivity index (χ4v) is 10.6. The maximum absolute atomic E-state index is 14.1. The summed E-state index contributed by atoms with van der Waals surface area (Å²) in [6, 6.07) is 36.7. The standard InChI is InChI=1S/C56H44N6O10S/c1-32-12-15-40(16-13-32)73(67,68)31-37-26-36(30-51(72-5)56(37)62(65)66)55-47-23-21-44(59-47)53(34-9-7-11-39(28-34)70-3)42-18-17-41(57-42)52(33-8-6-10-38(27-33)69-2)43-19-20-45(58-43)54(46-22-24-48(55)60-46)35-14-25-49(61(63)64)50(29-35)71-4/h6-30,57,60H,31H2,1-5H3. The van der Waals surface area contributed by atoms with Gasteiger partial charge in [-0.25, -0.2) is 18.4 Å². The van der Waals surface area contributed by atoms with Gasteiger partial charge in [-0.1, -0.05) is 42.0 Å². The van der Waals surface area contributed by atoms with Crippen molar-refractivity contribution in [3.63, 3.8) is 0 Å². The van der Waals surface area contributed by atoms with Crippen molar-refractivity contribution in [3.8, 4) is 67.5 Å². The molecule has 2 aliphatic rings. The van der Waals surface area contributed by atoms with Crippen molar-refractivity contribution in [1.82, 2.24) is 19.9 Å². The lowest BCUT2D eigenvalue weighted by atomic mass is 10.00. The van der Waals surface area contributed by atoms with Crippen molar-refractivity contribution in [3.05, 3.63) is 182 Å². The molecule has 0 radical (unpaired) electrons. The highest BCUT2D eigenvalue weighted by Gasteiger charge is 2.29. The monoisotopic (exact) mass is 992 g/mol. The zero-order valence-electron chi connectivity index (χ0n) is 39.9. The van der Waals surface area contributed by atoms with Gasteiger partial charge in [-0.15, -0.1) is 0 Å². The molecule has 0 spiro atoms. The van der Waals surface area contributed by atoms with Gasteiger partial charge in [0, 0.05) is 56.0 Å². The smallest absolute Gasteiger partial charge is 0.315 e. The second-order valence-corrected chi connectivity index (χ2v) is 19.1. The first-order valence-corrected chi connectivity index (χ1v) is 24.4. The number of nitro benzene ring substituents is 2. The molecule has 73 heavy (non-hydrogen) atoms. The van der Waals surface area contributed by atoms with Crippen LogP contribution in [0.1, 0.15) is 33.9 Å². The van der Waals surface area contributed by atoms with Crippen molar-refractivity contribution in [2.45, 2.75) is 17.6 Å². The first-order chi connectivity index (χ1) is 35.3. The number of benzene rings is 5. The quantitative estimate of drug-likeness (QED) is 0.0815. The summed E-state index contributed by atoms with van der Waals surface area (Å²) in [5.41, 5.74) is 9.39. The normalized spacial score (nSPS) is 11.9. The van der Waals surface area contributed by atoms with Crippen LogP contribution in [-0.2, 0) is 15.6 Å². The van der Waals surface area contributed by atoms with E-state index in [-0.39, 0.29) is 27.6 Å². The maximum atomic E-state index is 14.1. The third-order valence-electron chi connectivity index (χ3n) is 12.7. The van der Waals surface area contributed by atoms with Crippen LogP contribution in [0.3, 0.4) is 0 Å². The van der Waals surface area contributed by atoms with Gasteiger partial charge < -0.3 is 28.9 Å². The van der Waals surface area contributed by atoms with E-state index in [1.165, 1.54) is 44.6 Å². The molecule has 0 unspecified atom stereocenters. The van der Waals surface area contributed by atoms with Gasteiger partial charge in [-0.3, -0.25) is 20.2 Å². The zero-order valence-corrected chi connectivity index (χ0v) is 40.7. The molecule has 0 atom stereocenters. The Morgan fingerprint density at radius 1 is 0.507 bits per heavy atom. The molecule has 0 aliphatic carbocycles. The van der Waals surface area contributed by atoms with Gasteiger partial charge in [0.2, 0.25) is 0 Å². The zero-order chi connectivity index (χ0) is 51.1. The molecule has 5 aromatic carbocycles. The van der Waals surface area contributed by atoms with E-state index in [0.29, 0.717) is 84.2 Å². The summed E-state index contributed by atoms with van der Waals surface area (Å²) in [6.07, 6.45) is 7.47. The summed E-state index contributed by atoms with van der Waals surface area (Å²) < 4.78 is 50.8. The number of rotatable bonds is 13. The highest BCUT2D eigenvalue weighted by atomic mass is 32.2. The first kappa shape index (κ1) is 47.3. The van der Waals surface area contributed by atoms with Crippen molar-refractivity contribution in [2.75, 3.05) is 28.4 Å². The summed E-state index contributed by atoms with van der Waals surface area (Å²) in [4.78, 5) is 41.7. The summed E-state index contributed by atoms with van der Waals surface area (Å²) in [5, 5.41) is 25.0. The highest BCUT2D eigenvalue weighted by Crippen LogP contribution is 2.44. The van der Waals surface area contributed by atoms with Gasteiger partial charge in [0.25, 0.3) is 0 Å². The molecule has 8 aromatic rings. The number of nitro groups is 2. The molecule has 364 valence electrons. The van der Waals surface area contributed by atoms with Crippen LogP contribution in [0.5, 0.6) is 23.0 Å². The molecular formula is C56H44N6O10S. The van der Waals surface area contributed by atoms with Crippen molar-refractivity contribution in [2.24, 2.45) is 0 Å². The van der Waals surface area contributed by atoms with Crippen LogP contribution in [0.2, 0.25) is 0 Å². The Morgan fingerprint density at radius 3 is 1.40 bits per heavy atom. The van der Waals surface area contributed by atoms with E-state index in [0.717, 1.165) is 22.3 Å². The Balaban J connectivity index is 1.36. The number of H-pyrrole nitrogens is 2. The van der Waals surface area contributed by atoms with E-state index >= 15 is 0 Å². The highest BCUT2D eigenvalue weighted by molar-refractivity contribution is 7.90. The van der Waals surface area contributed by atoms with E-state index in [1.807, 2.05) is 104 Å². The largest absolute Gasteiger partial charge is 0.497 e. The predicted octanol–water partition coefficient (Wildman–Crippen LogP) is 12.5. The molecule has 16 nitrogen and oxygen atoms in total. The summed E-state index contributed by atoms with van der Waals surface area (Å²) in [5.74, 6) is 0.386. The first-order valence-electron chi connectivity index (χ1n) is 22.7. The van der Waals surface area contributed by atoms with E-state index < -0.39 is 31.1 Å². The molecule has 2 aliphatic heterocycles. The van der Waals surface area contributed by atoms with E-state index in [1.54, 1.807) is 38.5 Å². The number of sulfone groups is 1. The fraction of sp³-hybridized carbons (Fsp3) is 0.107. The number of ether oxygens (including phenoxy) is 4. The number of nitrogens with one attached hydrogen (secondary N) is 2. The lowest BCUT2D eigenvalue weighted by molar-refractivity contribution is -0.386. The molecular weight excluding hydrogens is 949 g/mol. The van der Waals surface area contributed by atoms with Crippen LogP contribution >= 0.6 is 0 Å². The fourth-order valence-electron chi connectivity index (χ4n) is 9.28. The van der Waals surface area contributed by atoms with Gasteiger partial charge in [0.1, 0.15) is 11.5 Å². The Bertz CT molecular complexity index is 3930. The van der Waals surface area contributed by atoms with Crippen molar-refractivity contribution < 1.29 is 37.2 Å². The minimum Gasteiger partial charge on any atom is -0.497 e. The average molecular weight is 993 g/mol. The molecule has 0 fully saturated rings. The number of aromatic amines is 2. The second-order valence-electron chi connectivity index (χ2n) is 17.1. The number of aryl methyl sites for hydroxylation is 1. The molecule has 10 rings (SSSR count). The van der Waals surface area contributed by atoms with Crippen LogP contribution < -0.4 is 18.9 Å². The van der Waals surface area contributed by atoms with E-state index in [2.05, 4.69) is 9.97 Å². The molecule has 2 N–H and O–H groups in total. The molecule has 8 bridgehead atoms. The predicted molar refractivity (Wildman–Crippen MR) is 282 cm³/mol. The average Bonchev–Trinajstić information content (AvgIpc) is 4.25. The van der Waals surface area contributed by atoms with Gasteiger partial charge in [0.05, 0.1) is 71.7 Å². The van der Waals surface area contributed by atoms with Gasteiger partial charge in [-0.05, 0) is 138 Å². The number of hydrogen-bond donors (Lipinski definition) is 2. The van der Waals surface area contributed by atoms with Crippen LogP contribution in [0.15, 0.2) is 132 Å². The van der Waals surface area contributed by atoms with Crippen LogP contribution in [0.25, 0.3) is 90.9 Å². The Hall–Kier alpha value is -9.35. The van der Waals surface area contributed by atoms with E-state index in [9.17, 15) is 28.6 Å². The minimum atomic E-state index is -4.13. The SMILES string of the molecule is COc1cccc(-c2c3nc(c(-c4ccc([N+](=O)[O-])c(OC)c4)c4ccc([nH]4)c(-c4cc(CS(=O)(=O)c5ccc(C)cc5)c([N+](=O)[O-])c(OC)c4)c4nc(c(-c5cccc(OC)c5)c5ccc2[nH]5)C=C4)C=C3)c1. The number of methoxy groups -OCH3 is 4. The molecule has 3 aromatic heterocycles. The lowest BCUT2D eigenvalue weighted by Crippen LogP contribution is -2.08. The number of nitrogens with zero attached hydrogens (tertiary/aromatic N) is 4. The van der Waals surface area contributed by atoms with Crippen molar-refractivity contribution >= 4 is 67.6 Å². The van der Waals surface area contributed by atoms with Gasteiger partial charge in [-0.2, -0.15) is 0 Å². The van der Waals surface area contributed by atoms with Gasteiger partial charge >= 0.3 is 11.4 Å². The third-order valence-corrected chi connectivity index (χ3v) is 14.4. The molecule has 5 heterocycles. The van der Waals surface area contributed by atoms with Crippen LogP contribution in [-0.4, -0.2) is 66.6 Å². The van der Waals surface area contributed by atoms with Gasteiger partial charge in [0.15, 0.2) is 21.3 Å². The number of hydrogen-bond acceptors (Lipinski definition) is 12. The summed E-state index contributed by atoms with van der Waals surface area (Å²) in [7, 11) is 1.71. The lowest BCUT2D eigenvalue weighted by Gasteiger charge is -2.13. The molecule has 17 heteroatoms. The maximum Gasteiger partial charge on any atom is 0.315 e. The van der Waals surface area contributed by atoms with Crippen LogP contribution in [0.4, 0.5) is 11.4 Å². The summed E-state index contributed by atoms with van der Waals surface area (Å²) in [6.45, 7) is 1.83. The van der Waals surface area contributed by atoms with E-state index in [4.69, 9.17) is 28.9 Å².